The maximum atomic E-state index is 10.3. The fourth-order valence-corrected chi connectivity index (χ4v) is 3.21. The minimum atomic E-state index is -1.21. The maximum Gasteiger partial charge on any atom is 0.167 e. The molecule has 2 unspecified atom stereocenters. The van der Waals surface area contributed by atoms with E-state index >= 15 is 0 Å². The number of imidazole rings is 1. The van der Waals surface area contributed by atoms with E-state index in [-0.39, 0.29) is 0 Å². The molecule has 3 aromatic rings. The lowest BCUT2D eigenvalue weighted by atomic mass is 10.1. The van der Waals surface area contributed by atoms with Crippen LogP contribution >= 0.6 is 0 Å². The summed E-state index contributed by atoms with van der Waals surface area (Å²) in [7, 11) is 1.62. The van der Waals surface area contributed by atoms with E-state index < -0.39 is 31.1 Å². The molecule has 4 N–H and O–H groups in total. The fraction of sp³-hybridized carbons (Fsp3) is 0.389. The summed E-state index contributed by atoms with van der Waals surface area (Å²) in [6, 6.07) is 7.65. The lowest BCUT2D eigenvalue weighted by Crippen LogP contribution is -2.33. The molecule has 0 saturated carbocycles. The van der Waals surface area contributed by atoms with Crippen LogP contribution in [0.2, 0.25) is 0 Å². The second-order valence-electron chi connectivity index (χ2n) is 6.48. The van der Waals surface area contributed by atoms with Crippen LogP contribution < -0.4 is 10.1 Å². The van der Waals surface area contributed by atoms with Crippen molar-refractivity contribution in [2.45, 2.75) is 31.1 Å². The van der Waals surface area contributed by atoms with Crippen molar-refractivity contribution in [3.05, 3.63) is 42.5 Å². The minimum Gasteiger partial charge on any atom is -0.497 e. The van der Waals surface area contributed by atoms with Crippen molar-refractivity contribution in [1.29, 1.82) is 0 Å². The zero-order chi connectivity index (χ0) is 19.7. The Labute approximate surface area is 160 Å². The molecule has 4 rings (SSSR count). The molecule has 28 heavy (non-hydrogen) atoms. The summed E-state index contributed by atoms with van der Waals surface area (Å²) < 4.78 is 12.2. The van der Waals surface area contributed by atoms with E-state index in [0.717, 1.165) is 11.3 Å². The molecule has 0 amide bonds. The molecule has 1 aliphatic heterocycles. The number of aromatic nitrogens is 4. The Morgan fingerprint density at radius 1 is 1.14 bits per heavy atom. The number of fused-ring (bicyclic) bond motifs is 1. The van der Waals surface area contributed by atoms with Gasteiger partial charge in [0, 0.05) is 6.54 Å². The third-order valence-corrected chi connectivity index (χ3v) is 4.77. The van der Waals surface area contributed by atoms with E-state index in [1.54, 1.807) is 7.11 Å². The number of anilines is 1. The van der Waals surface area contributed by atoms with Gasteiger partial charge in [-0.3, -0.25) is 4.57 Å². The number of aliphatic hydroxyl groups is 3. The van der Waals surface area contributed by atoms with Gasteiger partial charge >= 0.3 is 0 Å². The highest BCUT2D eigenvalue weighted by atomic mass is 16.6. The number of benzene rings is 1. The van der Waals surface area contributed by atoms with E-state index in [4.69, 9.17) is 9.47 Å². The van der Waals surface area contributed by atoms with Crippen molar-refractivity contribution in [1.82, 2.24) is 19.5 Å². The van der Waals surface area contributed by atoms with Crippen LogP contribution in [0.4, 0.5) is 5.82 Å². The molecule has 10 heteroatoms. The number of hydrogen-bond donors (Lipinski definition) is 4. The molecular formula is C18H21N5O5. The van der Waals surface area contributed by atoms with Crippen LogP contribution in [0, 0.1) is 0 Å². The van der Waals surface area contributed by atoms with Crippen LogP contribution in [-0.2, 0) is 11.3 Å². The molecule has 0 spiro atoms. The number of ether oxygens (including phenoxy) is 2. The molecule has 0 aliphatic carbocycles. The third-order valence-electron chi connectivity index (χ3n) is 4.77. The van der Waals surface area contributed by atoms with Gasteiger partial charge in [-0.15, -0.1) is 0 Å². The van der Waals surface area contributed by atoms with Crippen LogP contribution in [0.15, 0.2) is 36.9 Å². The van der Waals surface area contributed by atoms with Crippen molar-refractivity contribution in [3.8, 4) is 5.75 Å². The number of hydrogen-bond acceptors (Lipinski definition) is 9. The highest BCUT2D eigenvalue weighted by Gasteiger charge is 2.44. The first-order valence-corrected chi connectivity index (χ1v) is 8.79. The Hall–Kier alpha value is -2.79. The minimum absolute atomic E-state index is 0.398. The van der Waals surface area contributed by atoms with Gasteiger partial charge in [0.1, 0.15) is 30.4 Å². The molecule has 1 fully saturated rings. The summed E-state index contributed by atoms with van der Waals surface area (Å²) in [4.78, 5) is 12.8. The monoisotopic (exact) mass is 387 g/mol. The van der Waals surface area contributed by atoms with Gasteiger partial charge in [-0.1, -0.05) is 12.1 Å². The summed E-state index contributed by atoms with van der Waals surface area (Å²) in [5, 5.41) is 32.7. The van der Waals surface area contributed by atoms with Crippen LogP contribution in [-0.4, -0.2) is 66.9 Å². The van der Waals surface area contributed by atoms with Crippen molar-refractivity contribution in [2.75, 3.05) is 19.0 Å². The molecule has 1 saturated heterocycles. The normalized spacial score (nSPS) is 24.6. The lowest BCUT2D eigenvalue weighted by Gasteiger charge is -2.16. The first-order chi connectivity index (χ1) is 13.6. The van der Waals surface area contributed by atoms with Crippen LogP contribution in [0.3, 0.4) is 0 Å². The van der Waals surface area contributed by atoms with Gasteiger partial charge in [-0.05, 0) is 17.7 Å². The van der Waals surface area contributed by atoms with Gasteiger partial charge in [0.2, 0.25) is 0 Å². The average Bonchev–Trinajstić information content (AvgIpc) is 3.28. The molecule has 1 aliphatic rings. The van der Waals surface area contributed by atoms with E-state index in [0.29, 0.717) is 23.5 Å². The zero-order valence-corrected chi connectivity index (χ0v) is 15.1. The number of aliphatic hydroxyl groups excluding tert-OH is 3. The average molecular weight is 387 g/mol. The third kappa shape index (κ3) is 3.27. The van der Waals surface area contributed by atoms with Crippen LogP contribution in [0.25, 0.3) is 11.2 Å². The fourth-order valence-electron chi connectivity index (χ4n) is 3.21. The molecular weight excluding hydrogens is 366 g/mol. The van der Waals surface area contributed by atoms with Crippen molar-refractivity contribution in [2.24, 2.45) is 0 Å². The van der Waals surface area contributed by atoms with Gasteiger partial charge in [0.15, 0.2) is 23.2 Å². The van der Waals surface area contributed by atoms with Gasteiger partial charge in [0.05, 0.1) is 20.0 Å². The van der Waals surface area contributed by atoms with Gasteiger partial charge in [0.25, 0.3) is 0 Å². The predicted molar refractivity (Wildman–Crippen MR) is 98.7 cm³/mol. The zero-order valence-electron chi connectivity index (χ0n) is 15.1. The molecule has 1 aromatic carbocycles. The van der Waals surface area contributed by atoms with Crippen molar-refractivity contribution >= 4 is 17.0 Å². The molecule has 10 nitrogen and oxygen atoms in total. The smallest absolute Gasteiger partial charge is 0.167 e. The maximum absolute atomic E-state index is 10.3. The summed E-state index contributed by atoms with van der Waals surface area (Å²) in [5.41, 5.74) is 1.99. The van der Waals surface area contributed by atoms with Gasteiger partial charge < -0.3 is 30.1 Å². The summed E-state index contributed by atoms with van der Waals surface area (Å²) in [6.45, 7) is 0.127. The lowest BCUT2D eigenvalue weighted by molar-refractivity contribution is -0.0511. The van der Waals surface area contributed by atoms with Gasteiger partial charge in [-0.2, -0.15) is 0 Å². The van der Waals surface area contributed by atoms with E-state index in [9.17, 15) is 15.3 Å². The quantitative estimate of drug-likeness (QED) is 0.463. The summed E-state index contributed by atoms with van der Waals surface area (Å²) in [6.07, 6.45) is -1.31. The topological polar surface area (TPSA) is 135 Å². The molecule has 4 atom stereocenters. The van der Waals surface area contributed by atoms with Crippen molar-refractivity contribution in [3.63, 3.8) is 0 Å². The second-order valence-corrected chi connectivity index (χ2v) is 6.48. The SMILES string of the molecule is COc1ccc(CNc2ncnc3c2ncn3[C@@H]2O[C@H](CO)C(O)C2O)cc1. The number of methoxy groups -OCH3 is 1. The Bertz CT molecular complexity index is 947. The van der Waals surface area contributed by atoms with Gasteiger partial charge in [-0.25, -0.2) is 15.0 Å². The Balaban J connectivity index is 1.56. The molecule has 0 radical (unpaired) electrons. The van der Waals surface area contributed by atoms with E-state index in [1.807, 2.05) is 24.3 Å². The highest BCUT2D eigenvalue weighted by molar-refractivity contribution is 5.82. The first kappa shape index (κ1) is 18.6. The summed E-state index contributed by atoms with van der Waals surface area (Å²) >= 11 is 0. The summed E-state index contributed by atoms with van der Waals surface area (Å²) in [5.74, 6) is 1.32. The molecule has 3 heterocycles. The first-order valence-electron chi connectivity index (χ1n) is 8.79. The van der Waals surface area contributed by atoms with Crippen LogP contribution in [0.5, 0.6) is 5.75 Å². The largest absolute Gasteiger partial charge is 0.497 e. The Morgan fingerprint density at radius 2 is 1.93 bits per heavy atom. The Morgan fingerprint density at radius 3 is 2.61 bits per heavy atom. The molecule has 2 aromatic heterocycles. The van der Waals surface area contributed by atoms with E-state index in [2.05, 4.69) is 20.3 Å². The second kappa shape index (κ2) is 7.68. The highest BCUT2D eigenvalue weighted by Crippen LogP contribution is 2.32. The number of nitrogens with one attached hydrogen (secondary N) is 1. The standard InChI is InChI=1S/C18H21N5O5/c1-27-11-4-2-10(3-5-11)6-19-16-13-17(21-8-20-16)23(9-22-13)18-15(26)14(25)12(7-24)28-18/h2-5,8-9,12,14-15,18,24-26H,6-7H2,1H3,(H,19,20,21)/t12-,14?,15?,18-/m1/s1. The van der Waals surface area contributed by atoms with Crippen LogP contribution in [0.1, 0.15) is 11.8 Å². The van der Waals surface area contributed by atoms with E-state index in [1.165, 1.54) is 17.2 Å². The number of nitrogens with zero attached hydrogens (tertiary/aromatic N) is 4. The Kier molecular flexibility index (Phi) is 5.09. The molecule has 0 bridgehead atoms. The predicted octanol–water partition coefficient (Wildman–Crippen LogP) is 0.0585. The van der Waals surface area contributed by atoms with Crippen molar-refractivity contribution < 1.29 is 24.8 Å². The number of rotatable bonds is 6. The molecule has 148 valence electrons.